The summed E-state index contributed by atoms with van der Waals surface area (Å²) in [7, 11) is 0. The van der Waals surface area contributed by atoms with Crippen LogP contribution >= 0.6 is 0 Å². The number of benzene rings is 2. The normalized spacial score (nSPS) is 15.0. The summed E-state index contributed by atoms with van der Waals surface area (Å²) in [5, 5.41) is 10.9. The molecule has 0 unspecified atom stereocenters. The summed E-state index contributed by atoms with van der Waals surface area (Å²) in [6, 6.07) is 14.9. The van der Waals surface area contributed by atoms with E-state index in [4.69, 9.17) is 14.7 Å². The molecule has 30 heavy (non-hydrogen) atoms. The van der Waals surface area contributed by atoms with Gasteiger partial charge in [0.2, 0.25) is 0 Å². The molecule has 0 bridgehead atoms. The highest BCUT2D eigenvalue weighted by molar-refractivity contribution is 6.30. The molecule has 0 atom stereocenters. The standard InChI is InChI=1S/C22H19N3O5/c1-2-29-19-13-16(8-9-18(19)30-11-10-23)12-17-20(26)24-22(28)25(21(17)27)14-15-6-4-3-5-7-15/h3-9,12-13H,2,11,14H2,1H3,(H,24,26,28)/b17-12+. The Bertz CT molecular complexity index is 1040. The minimum absolute atomic E-state index is 0.0429. The van der Waals surface area contributed by atoms with Crippen molar-refractivity contribution in [2.45, 2.75) is 13.5 Å². The van der Waals surface area contributed by atoms with Crippen LogP contribution in [0.15, 0.2) is 54.1 Å². The lowest BCUT2D eigenvalue weighted by Gasteiger charge is -2.26. The van der Waals surface area contributed by atoms with Crippen molar-refractivity contribution in [1.29, 1.82) is 5.26 Å². The quantitative estimate of drug-likeness (QED) is 0.560. The minimum atomic E-state index is -0.767. The van der Waals surface area contributed by atoms with Crippen LogP contribution in [0.2, 0.25) is 0 Å². The number of ether oxygens (including phenoxy) is 2. The van der Waals surface area contributed by atoms with Crippen molar-refractivity contribution >= 4 is 23.9 Å². The zero-order valence-corrected chi connectivity index (χ0v) is 16.3. The van der Waals surface area contributed by atoms with Crippen molar-refractivity contribution in [3.05, 3.63) is 65.2 Å². The molecule has 3 rings (SSSR count). The van der Waals surface area contributed by atoms with Gasteiger partial charge in [-0.05, 0) is 36.3 Å². The number of nitrogens with zero attached hydrogens (tertiary/aromatic N) is 2. The molecule has 2 aromatic carbocycles. The van der Waals surface area contributed by atoms with Crippen LogP contribution < -0.4 is 14.8 Å². The molecule has 8 heteroatoms. The summed E-state index contributed by atoms with van der Waals surface area (Å²) in [6.07, 6.45) is 1.39. The highest BCUT2D eigenvalue weighted by Crippen LogP contribution is 2.30. The van der Waals surface area contributed by atoms with Gasteiger partial charge in [0, 0.05) is 0 Å². The third-order valence-corrected chi connectivity index (χ3v) is 4.24. The van der Waals surface area contributed by atoms with Gasteiger partial charge in [0.05, 0.1) is 13.2 Å². The van der Waals surface area contributed by atoms with Crippen LogP contribution in [-0.4, -0.2) is 36.0 Å². The summed E-state index contributed by atoms with van der Waals surface area (Å²) in [5.41, 5.74) is 1.10. The average molecular weight is 405 g/mol. The molecule has 1 N–H and O–H groups in total. The summed E-state index contributed by atoms with van der Waals surface area (Å²) in [6.45, 7) is 2.06. The van der Waals surface area contributed by atoms with Gasteiger partial charge in [-0.15, -0.1) is 0 Å². The second-order valence-electron chi connectivity index (χ2n) is 6.28. The SMILES string of the molecule is CCOc1cc(/C=C2\C(=O)NC(=O)N(Cc3ccccc3)C2=O)ccc1OCC#N. The molecule has 0 radical (unpaired) electrons. The third-order valence-electron chi connectivity index (χ3n) is 4.24. The average Bonchev–Trinajstić information content (AvgIpc) is 2.74. The topological polar surface area (TPSA) is 109 Å². The molecule has 0 saturated carbocycles. The molecule has 1 saturated heterocycles. The maximum Gasteiger partial charge on any atom is 0.331 e. The predicted molar refractivity (Wildman–Crippen MR) is 107 cm³/mol. The highest BCUT2D eigenvalue weighted by atomic mass is 16.5. The van der Waals surface area contributed by atoms with Gasteiger partial charge in [-0.3, -0.25) is 19.8 Å². The molecule has 8 nitrogen and oxygen atoms in total. The number of urea groups is 1. The maximum absolute atomic E-state index is 12.9. The van der Waals surface area contributed by atoms with Crippen molar-refractivity contribution in [1.82, 2.24) is 10.2 Å². The maximum atomic E-state index is 12.9. The Balaban J connectivity index is 1.90. The highest BCUT2D eigenvalue weighted by Gasteiger charge is 2.35. The molecule has 1 fully saturated rings. The lowest BCUT2D eigenvalue weighted by molar-refractivity contribution is -0.130. The van der Waals surface area contributed by atoms with Crippen LogP contribution in [-0.2, 0) is 16.1 Å². The number of hydrogen-bond donors (Lipinski definition) is 1. The zero-order valence-electron chi connectivity index (χ0n) is 16.3. The number of carbonyl (C=O) groups excluding carboxylic acids is 3. The molecule has 2 aromatic rings. The van der Waals surface area contributed by atoms with Crippen LogP contribution in [0.25, 0.3) is 6.08 Å². The third kappa shape index (κ3) is 4.64. The van der Waals surface area contributed by atoms with Crippen LogP contribution in [0.5, 0.6) is 11.5 Å². The number of barbiturate groups is 1. The van der Waals surface area contributed by atoms with Gasteiger partial charge in [-0.25, -0.2) is 4.79 Å². The van der Waals surface area contributed by atoms with Gasteiger partial charge >= 0.3 is 6.03 Å². The number of carbonyl (C=O) groups is 3. The van der Waals surface area contributed by atoms with E-state index in [1.807, 2.05) is 12.1 Å². The van der Waals surface area contributed by atoms with E-state index in [0.29, 0.717) is 23.7 Å². The summed E-state index contributed by atoms with van der Waals surface area (Å²) >= 11 is 0. The van der Waals surface area contributed by atoms with E-state index >= 15 is 0 Å². The van der Waals surface area contributed by atoms with E-state index < -0.39 is 17.8 Å². The fraction of sp³-hybridized carbons (Fsp3) is 0.182. The molecular weight excluding hydrogens is 386 g/mol. The lowest BCUT2D eigenvalue weighted by Crippen LogP contribution is -2.53. The van der Waals surface area contributed by atoms with Crippen molar-refractivity contribution in [3.8, 4) is 17.6 Å². The van der Waals surface area contributed by atoms with Crippen LogP contribution in [0.4, 0.5) is 4.79 Å². The van der Waals surface area contributed by atoms with Gasteiger partial charge in [0.25, 0.3) is 11.8 Å². The summed E-state index contributed by atoms with van der Waals surface area (Å²) in [4.78, 5) is 38.3. The Labute approximate surface area is 173 Å². The van der Waals surface area contributed by atoms with Crippen molar-refractivity contribution < 1.29 is 23.9 Å². The molecule has 0 spiro atoms. The smallest absolute Gasteiger partial charge is 0.331 e. The molecule has 1 aliphatic heterocycles. The molecule has 4 amide bonds. The fourth-order valence-electron chi connectivity index (χ4n) is 2.88. The number of nitrogens with one attached hydrogen (secondary N) is 1. The van der Waals surface area contributed by atoms with Crippen LogP contribution in [0.3, 0.4) is 0 Å². The van der Waals surface area contributed by atoms with E-state index in [0.717, 1.165) is 10.5 Å². The van der Waals surface area contributed by atoms with Gasteiger partial charge in [0.1, 0.15) is 11.6 Å². The monoisotopic (exact) mass is 405 g/mol. The number of rotatable bonds is 7. The Morgan fingerprint density at radius 3 is 2.53 bits per heavy atom. The first-order chi connectivity index (χ1) is 14.5. The Morgan fingerprint density at radius 1 is 1.07 bits per heavy atom. The number of amides is 4. The summed E-state index contributed by atoms with van der Waals surface area (Å²) in [5.74, 6) is -0.698. The number of imide groups is 2. The number of nitriles is 1. The summed E-state index contributed by atoms with van der Waals surface area (Å²) < 4.78 is 10.8. The Hall–Kier alpha value is -4.12. The predicted octanol–water partition coefficient (Wildman–Crippen LogP) is 2.65. The largest absolute Gasteiger partial charge is 0.490 e. The molecule has 1 aliphatic rings. The molecule has 1 heterocycles. The van der Waals surface area contributed by atoms with Gasteiger partial charge < -0.3 is 9.47 Å². The molecule has 152 valence electrons. The van der Waals surface area contributed by atoms with Gasteiger partial charge in [-0.2, -0.15) is 5.26 Å². The van der Waals surface area contributed by atoms with Gasteiger partial charge in [0.15, 0.2) is 18.1 Å². The van der Waals surface area contributed by atoms with Crippen LogP contribution in [0.1, 0.15) is 18.1 Å². The van der Waals surface area contributed by atoms with E-state index in [1.165, 1.54) is 6.08 Å². The first kappa shape index (κ1) is 20.6. The Kier molecular flexibility index (Phi) is 6.45. The molecular formula is C22H19N3O5. The van der Waals surface area contributed by atoms with Crippen molar-refractivity contribution in [2.75, 3.05) is 13.2 Å². The molecule has 0 aliphatic carbocycles. The van der Waals surface area contributed by atoms with E-state index in [2.05, 4.69) is 5.32 Å². The van der Waals surface area contributed by atoms with E-state index in [1.54, 1.807) is 49.4 Å². The zero-order chi connectivity index (χ0) is 21.5. The number of hydrogen-bond acceptors (Lipinski definition) is 6. The second kappa shape index (κ2) is 9.39. The Morgan fingerprint density at radius 2 is 1.83 bits per heavy atom. The fourth-order valence-corrected chi connectivity index (χ4v) is 2.88. The minimum Gasteiger partial charge on any atom is -0.490 e. The lowest BCUT2D eigenvalue weighted by atomic mass is 10.1. The first-order valence-electron chi connectivity index (χ1n) is 9.23. The van der Waals surface area contributed by atoms with Crippen LogP contribution in [0, 0.1) is 11.3 Å². The van der Waals surface area contributed by atoms with Crippen molar-refractivity contribution in [3.63, 3.8) is 0 Å². The molecule has 0 aromatic heterocycles. The van der Waals surface area contributed by atoms with Crippen molar-refractivity contribution in [2.24, 2.45) is 0 Å². The second-order valence-corrected chi connectivity index (χ2v) is 6.28. The van der Waals surface area contributed by atoms with Gasteiger partial charge in [-0.1, -0.05) is 36.4 Å². The van der Waals surface area contributed by atoms with E-state index in [-0.39, 0.29) is 18.7 Å². The first-order valence-corrected chi connectivity index (χ1v) is 9.23. The van der Waals surface area contributed by atoms with E-state index in [9.17, 15) is 14.4 Å².